The highest BCUT2D eigenvalue weighted by Crippen LogP contribution is 2.46. The van der Waals surface area contributed by atoms with Gasteiger partial charge < -0.3 is 82.7 Å². The number of halogens is 11. The van der Waals surface area contributed by atoms with Crippen molar-refractivity contribution in [2.24, 2.45) is 5.92 Å². The number of alkyl halides is 11. The minimum atomic E-state index is -6.64. The highest BCUT2D eigenvalue weighted by atomic mass is 32.2. The van der Waals surface area contributed by atoms with Crippen molar-refractivity contribution in [2.45, 2.75) is 194 Å². The number of benzene rings is 1. The molecule has 0 aliphatic heterocycles. The van der Waals surface area contributed by atoms with Crippen molar-refractivity contribution in [2.75, 3.05) is 19.3 Å². The van der Waals surface area contributed by atoms with Crippen molar-refractivity contribution in [1.29, 1.82) is 0 Å². The third-order valence-electron chi connectivity index (χ3n) is 8.62. The van der Waals surface area contributed by atoms with Crippen molar-refractivity contribution in [3.05, 3.63) is 29.8 Å². The van der Waals surface area contributed by atoms with Crippen LogP contribution in [0.1, 0.15) is 158 Å². The minimum Gasteiger partial charge on any atom is -0.748 e. The van der Waals surface area contributed by atoms with Gasteiger partial charge in [0, 0.05) is 52.0 Å². The molecule has 34 heteroatoms. The van der Waals surface area contributed by atoms with Crippen molar-refractivity contribution in [3.8, 4) is 0 Å². The fraction of sp³-hybridized carbons (Fsp3) is 0.733. The van der Waals surface area contributed by atoms with Crippen LogP contribution in [-0.4, -0.2) is 126 Å². The lowest BCUT2D eigenvalue weighted by atomic mass is 9.85. The van der Waals surface area contributed by atoms with Crippen LogP contribution in [0.15, 0.2) is 29.2 Å². The van der Waals surface area contributed by atoms with E-state index in [4.69, 9.17) is 47.7 Å². The zero-order valence-corrected chi connectivity index (χ0v) is 48.4. The zero-order chi connectivity index (χ0) is 63.9. The maximum atomic E-state index is 11.7. The normalized spacial score (nSPS) is 12.5. The van der Waals surface area contributed by atoms with E-state index < -0.39 is 77.5 Å². The predicted octanol–water partition coefficient (Wildman–Crippen LogP) is 6.98. The van der Waals surface area contributed by atoms with Gasteiger partial charge in [0.05, 0.1) is 15.0 Å². The second kappa shape index (κ2) is 44.7. The van der Waals surface area contributed by atoms with E-state index >= 15 is 0 Å². The largest absolute Gasteiger partial charge is 0.748 e. The number of nitrogens with zero attached hydrogens (tertiary/aromatic N) is 1. The van der Waals surface area contributed by atoms with Crippen LogP contribution < -0.4 is 15.3 Å². The fourth-order valence-corrected chi connectivity index (χ4v) is 5.34. The fourth-order valence-electron chi connectivity index (χ4n) is 4.36. The average Bonchev–Trinajstić information content (AvgIpc) is 3.25. The molecular formula is C45H71F11NO17S5-7. The van der Waals surface area contributed by atoms with Gasteiger partial charge >= 0.3 is 23.3 Å². The summed E-state index contributed by atoms with van der Waals surface area (Å²) in [5.74, 6) is -22.1. The lowest BCUT2D eigenvalue weighted by molar-refractivity contribution is -0.387. The number of thiocarbonyl (C=S) groups is 1. The highest BCUT2D eigenvalue weighted by molar-refractivity contribution is 8.00. The monoisotopic (exact) mass is 1270 g/mol. The number of rotatable bonds is 17. The SMILES string of the molecule is C.CC(=O)CCCC1CCCCC1.CC(F)(F)C(=O)[O-].CC(F)(F)S(=O)(=O)[O-].CCCCC(=O)[O-].CCCCC(C)=O.CCN(CC)C(=S)[S-].CS(=O)(=O)[O-].Cc1ccc(S(=O)(=O)[O-])cc1.O=C([O-])C(F)(F)C(F)(F)C(F)(F)F. The molecule has 1 aromatic carbocycles. The number of ketones is 2. The molecule has 472 valence electrons. The Labute approximate surface area is 467 Å². The molecule has 1 aromatic rings. The van der Waals surface area contributed by atoms with E-state index in [1.54, 1.807) is 26.0 Å². The number of carbonyl (C=O) groups is 5. The van der Waals surface area contributed by atoms with Gasteiger partial charge in [0.2, 0.25) is 0 Å². The molecule has 0 aromatic heterocycles. The Hall–Kier alpha value is -3.96. The van der Waals surface area contributed by atoms with Gasteiger partial charge in [-0.1, -0.05) is 94.7 Å². The van der Waals surface area contributed by atoms with Gasteiger partial charge in [0.15, 0.2) is 10.1 Å². The zero-order valence-electron chi connectivity index (χ0n) is 44.3. The molecule has 1 fully saturated rings. The second-order valence-electron chi connectivity index (χ2n) is 16.2. The lowest BCUT2D eigenvalue weighted by Crippen LogP contribution is -2.60. The lowest BCUT2D eigenvalue weighted by Gasteiger charge is -2.28. The van der Waals surface area contributed by atoms with Crippen LogP contribution in [-0.2, 0) is 67.0 Å². The van der Waals surface area contributed by atoms with Gasteiger partial charge in [0.1, 0.15) is 33.6 Å². The molecule has 0 saturated heterocycles. The number of unbranched alkanes of at least 4 members (excludes halogenated alkanes) is 2. The molecule has 1 aliphatic carbocycles. The molecule has 0 spiro atoms. The summed E-state index contributed by atoms with van der Waals surface area (Å²) in [6.07, 6.45) is 9.09. The third kappa shape index (κ3) is 58.5. The molecule has 0 radical (unpaired) electrons. The van der Waals surface area contributed by atoms with E-state index in [9.17, 15) is 104 Å². The molecule has 0 atom stereocenters. The molecule has 18 nitrogen and oxygen atoms in total. The first-order valence-corrected chi connectivity index (χ1v) is 28.2. The second-order valence-corrected chi connectivity index (χ2v) is 21.6. The highest BCUT2D eigenvalue weighted by Gasteiger charge is 2.73. The third-order valence-corrected chi connectivity index (χ3v) is 10.9. The number of aryl methyl sites for hydroxylation is 1. The minimum absolute atomic E-state index is 0. The van der Waals surface area contributed by atoms with E-state index in [2.05, 4.69) is 6.92 Å². The van der Waals surface area contributed by atoms with Gasteiger partial charge in [-0.25, -0.2) is 34.0 Å². The molecule has 0 unspecified atom stereocenters. The van der Waals surface area contributed by atoms with Gasteiger partial charge in [0.25, 0.3) is 5.92 Å². The molecule has 2 rings (SSSR count). The standard InChI is InChI=1S/C11H20O.C7H8O3S.C6H12O.C5H11NS2.C5H10O2.C4HF7O2.C3H4F2O2.C2H4F2O3S.CH4O3S.CH4/c1-10(12)6-5-9-11-7-3-2-4-8-11;1-6-2-4-7(5-3-6)11(8,9)10;1-3-4-5-6(2)7;1-3-6(4-2)5(7)8;1-2-3-4-5(6)7;5-2(6,1(12)13)3(7,8)4(9,10)11;1-3(4,5)2(6)7;1-2(3,4)8(5,6)7;1-5(2,3)4;/h11H,2-9H2,1H3;2-5H,1H3,(H,8,9,10);3-5H2,1-2H3;3-4H2,1-2H3,(H,7,8);2-4H2,1H3,(H,6,7);(H,12,13);1H3,(H,6,7);1H3,(H,5,6,7);1H3,(H,2,3,4);1H4/p-7. The smallest absolute Gasteiger partial charge is 0.460 e. The Morgan fingerprint density at radius 1 is 0.658 bits per heavy atom. The average molecular weight is 1270 g/mol. The Morgan fingerprint density at radius 3 is 1.16 bits per heavy atom. The van der Waals surface area contributed by atoms with Crippen LogP contribution in [0.2, 0.25) is 0 Å². The van der Waals surface area contributed by atoms with E-state index in [0.29, 0.717) is 22.1 Å². The van der Waals surface area contributed by atoms with Crippen LogP contribution in [0.3, 0.4) is 0 Å². The van der Waals surface area contributed by atoms with Gasteiger partial charge in [-0.15, -0.1) is 0 Å². The number of hydrogen-bond donors (Lipinski definition) is 0. The number of carboxylic acid groups (broad SMARTS) is 3. The molecule has 1 aliphatic rings. The van der Waals surface area contributed by atoms with E-state index in [1.807, 2.05) is 32.6 Å². The maximum Gasteiger partial charge on any atom is 0.460 e. The van der Waals surface area contributed by atoms with Crippen molar-refractivity contribution in [3.63, 3.8) is 0 Å². The molecule has 0 heterocycles. The van der Waals surface area contributed by atoms with Crippen molar-refractivity contribution in [1.82, 2.24) is 4.90 Å². The first kappa shape index (κ1) is 91.5. The topological polar surface area (TPSA) is 329 Å². The number of hydrogen-bond acceptors (Lipinski definition) is 19. The number of carbonyl (C=O) groups excluding carboxylic acids is 5. The molecule has 0 amide bonds. The summed E-state index contributed by atoms with van der Waals surface area (Å²) in [4.78, 5) is 50.8. The Bertz CT molecular complexity index is 2180. The summed E-state index contributed by atoms with van der Waals surface area (Å²) < 4.78 is 212. The van der Waals surface area contributed by atoms with Crippen LogP contribution in [0, 0.1) is 12.8 Å². The first-order chi connectivity index (χ1) is 34.7. The van der Waals surface area contributed by atoms with E-state index in [-0.39, 0.29) is 32.6 Å². The summed E-state index contributed by atoms with van der Waals surface area (Å²) in [6.45, 7) is 15.4. The maximum absolute atomic E-state index is 11.7. The van der Waals surface area contributed by atoms with Gasteiger partial charge in [-0.2, -0.15) is 39.5 Å². The summed E-state index contributed by atoms with van der Waals surface area (Å²) in [6, 6.07) is 5.78. The molecule has 79 heavy (non-hydrogen) atoms. The molecule has 0 bridgehead atoms. The van der Waals surface area contributed by atoms with Crippen LogP contribution >= 0.6 is 12.2 Å². The molecular weight excluding hydrogens is 1200 g/mol. The first-order valence-electron chi connectivity index (χ1n) is 22.7. The number of aliphatic carboxylic acids is 3. The van der Waals surface area contributed by atoms with Crippen LogP contribution in [0.4, 0.5) is 48.3 Å². The summed E-state index contributed by atoms with van der Waals surface area (Å²) in [5.41, 5.74) is 0.928. The van der Waals surface area contributed by atoms with E-state index in [1.165, 1.54) is 50.7 Å². The van der Waals surface area contributed by atoms with Crippen molar-refractivity contribution < 1.29 is 126 Å². The van der Waals surface area contributed by atoms with Gasteiger partial charge in [-0.05, 0) is 78.4 Å². The molecule has 1 saturated carbocycles. The van der Waals surface area contributed by atoms with Gasteiger partial charge in [-0.3, -0.25) is 0 Å². The quantitative estimate of drug-likeness (QED) is 0.0657. The Morgan fingerprint density at radius 2 is 0.987 bits per heavy atom. The van der Waals surface area contributed by atoms with Crippen LogP contribution in [0.25, 0.3) is 0 Å². The number of Topliss-reactive ketones (excluding diaryl/α,β-unsaturated/α-hetero) is 2. The number of carboxylic acids is 3. The summed E-state index contributed by atoms with van der Waals surface area (Å²) >= 11 is 9.51. The Balaban J connectivity index is -0.000000121. The molecule has 0 N–H and O–H groups in total. The summed E-state index contributed by atoms with van der Waals surface area (Å²) in [5, 5.41) is 23.9. The predicted molar refractivity (Wildman–Crippen MR) is 267 cm³/mol. The summed E-state index contributed by atoms with van der Waals surface area (Å²) in [7, 11) is -13.6. The van der Waals surface area contributed by atoms with Crippen LogP contribution in [0.5, 0.6) is 0 Å². The Kier molecular flexibility index (Phi) is 51.7. The van der Waals surface area contributed by atoms with E-state index in [0.717, 1.165) is 69.5 Å². The van der Waals surface area contributed by atoms with Crippen molar-refractivity contribution >= 4 is 89.0 Å².